The van der Waals surface area contributed by atoms with E-state index >= 15 is 0 Å². The van der Waals surface area contributed by atoms with Gasteiger partial charge in [-0.05, 0) is 45.7 Å². The maximum atomic E-state index is 12.8. The molecule has 3 rings (SSSR count). The van der Waals surface area contributed by atoms with Crippen molar-refractivity contribution in [2.75, 3.05) is 24.5 Å². The van der Waals surface area contributed by atoms with Gasteiger partial charge >= 0.3 is 0 Å². The molecule has 1 saturated heterocycles. The van der Waals surface area contributed by atoms with Gasteiger partial charge in [-0.2, -0.15) is 0 Å². The van der Waals surface area contributed by atoms with E-state index in [1.807, 2.05) is 51.1 Å². The van der Waals surface area contributed by atoms with Gasteiger partial charge in [-0.25, -0.2) is 4.98 Å². The molecule has 2 heterocycles. The number of carbonyl (C=O) groups is 2. The Kier molecular flexibility index (Phi) is 5.11. The first-order valence-corrected chi connectivity index (χ1v) is 9.07. The highest BCUT2D eigenvalue weighted by atomic mass is 16.2. The van der Waals surface area contributed by atoms with Crippen molar-refractivity contribution in [2.45, 2.75) is 39.2 Å². The van der Waals surface area contributed by atoms with Crippen molar-refractivity contribution < 1.29 is 9.59 Å². The lowest BCUT2D eigenvalue weighted by Crippen LogP contribution is -2.46. The Hall–Kier alpha value is -2.63. The summed E-state index contributed by atoms with van der Waals surface area (Å²) < 4.78 is 0. The van der Waals surface area contributed by atoms with E-state index < -0.39 is 0 Å². The summed E-state index contributed by atoms with van der Waals surface area (Å²) in [6.45, 7) is 7.47. The van der Waals surface area contributed by atoms with Crippen LogP contribution < -0.4 is 15.5 Å². The number of aromatic nitrogens is 1. The van der Waals surface area contributed by atoms with Crippen molar-refractivity contribution in [3.05, 3.63) is 35.9 Å². The monoisotopic (exact) mass is 354 g/mol. The number of anilines is 1. The number of para-hydroxylation sites is 1. The second-order valence-electron chi connectivity index (χ2n) is 7.73. The minimum atomic E-state index is -0.326. The second kappa shape index (κ2) is 7.32. The minimum absolute atomic E-state index is 0.0532. The van der Waals surface area contributed by atoms with Crippen LogP contribution in [0.3, 0.4) is 0 Å². The zero-order valence-electron chi connectivity index (χ0n) is 15.6. The molecular formula is C20H26N4O2. The van der Waals surface area contributed by atoms with Crippen LogP contribution in [0.2, 0.25) is 0 Å². The third-order valence-corrected chi connectivity index (χ3v) is 4.28. The highest BCUT2D eigenvalue weighted by Gasteiger charge is 2.22. The molecule has 26 heavy (non-hydrogen) atoms. The van der Waals surface area contributed by atoms with Crippen LogP contribution in [0.5, 0.6) is 0 Å². The minimum Gasteiger partial charge on any atom is -0.356 e. The molecule has 1 aromatic carbocycles. The Morgan fingerprint density at radius 2 is 1.85 bits per heavy atom. The van der Waals surface area contributed by atoms with E-state index in [-0.39, 0.29) is 23.9 Å². The summed E-state index contributed by atoms with van der Waals surface area (Å²) in [5.74, 6) is 0.228. The summed E-state index contributed by atoms with van der Waals surface area (Å²) in [5, 5.41) is 6.49. The van der Waals surface area contributed by atoms with Crippen molar-refractivity contribution in [3.8, 4) is 0 Å². The standard InChI is InChI=1S/C20H26N4O2/c1-20(2,3)23-17(25)13-21-19(26)15-12-14-8-4-5-9-16(14)22-18(15)24-10-6-7-11-24/h4-5,8-9,12H,6-7,10-11,13H2,1-3H3,(H,21,26)(H,23,25). The number of hydrogen-bond donors (Lipinski definition) is 2. The van der Waals surface area contributed by atoms with Crippen molar-refractivity contribution in [1.29, 1.82) is 0 Å². The van der Waals surface area contributed by atoms with Crippen LogP contribution in [0.15, 0.2) is 30.3 Å². The number of nitrogens with one attached hydrogen (secondary N) is 2. The Morgan fingerprint density at radius 3 is 2.54 bits per heavy atom. The highest BCUT2D eigenvalue weighted by molar-refractivity contribution is 6.03. The summed E-state index contributed by atoms with van der Waals surface area (Å²) in [7, 11) is 0. The molecule has 0 atom stereocenters. The Labute approximate surface area is 154 Å². The fraction of sp³-hybridized carbons (Fsp3) is 0.450. The van der Waals surface area contributed by atoms with E-state index in [4.69, 9.17) is 4.98 Å². The average Bonchev–Trinajstić information content (AvgIpc) is 3.11. The van der Waals surface area contributed by atoms with Crippen molar-refractivity contribution in [3.63, 3.8) is 0 Å². The van der Waals surface area contributed by atoms with Crippen molar-refractivity contribution in [1.82, 2.24) is 15.6 Å². The van der Waals surface area contributed by atoms with E-state index in [1.54, 1.807) is 0 Å². The number of amides is 2. The van der Waals surface area contributed by atoms with Gasteiger partial charge in [-0.1, -0.05) is 18.2 Å². The molecule has 2 amide bonds. The predicted molar refractivity (Wildman–Crippen MR) is 103 cm³/mol. The number of fused-ring (bicyclic) bond motifs is 1. The first kappa shape index (κ1) is 18.2. The van der Waals surface area contributed by atoms with E-state index in [1.165, 1.54) is 0 Å². The highest BCUT2D eigenvalue weighted by Crippen LogP contribution is 2.26. The van der Waals surface area contributed by atoms with Crippen molar-refractivity contribution in [2.24, 2.45) is 0 Å². The van der Waals surface area contributed by atoms with Gasteiger partial charge in [0, 0.05) is 24.0 Å². The van der Waals surface area contributed by atoms with E-state index in [0.717, 1.165) is 36.8 Å². The lowest BCUT2D eigenvalue weighted by Gasteiger charge is -2.22. The molecule has 0 bridgehead atoms. The number of rotatable bonds is 4. The third kappa shape index (κ3) is 4.31. The van der Waals surface area contributed by atoms with Gasteiger partial charge in [-0.3, -0.25) is 9.59 Å². The number of pyridine rings is 1. The molecule has 2 N–H and O–H groups in total. The molecule has 1 fully saturated rings. The zero-order valence-corrected chi connectivity index (χ0v) is 15.6. The first-order valence-electron chi connectivity index (χ1n) is 9.07. The summed E-state index contributed by atoms with van der Waals surface area (Å²) in [6.07, 6.45) is 2.20. The fourth-order valence-corrected chi connectivity index (χ4v) is 3.16. The molecule has 2 aromatic rings. The smallest absolute Gasteiger partial charge is 0.255 e. The van der Waals surface area contributed by atoms with Gasteiger partial charge in [0.25, 0.3) is 5.91 Å². The summed E-state index contributed by atoms with van der Waals surface area (Å²) in [6, 6.07) is 9.64. The van der Waals surface area contributed by atoms with E-state index in [2.05, 4.69) is 15.5 Å². The normalized spacial score (nSPS) is 14.5. The molecule has 138 valence electrons. The zero-order chi connectivity index (χ0) is 18.7. The maximum absolute atomic E-state index is 12.8. The van der Waals surface area contributed by atoms with Crippen LogP contribution in [0.1, 0.15) is 44.0 Å². The van der Waals surface area contributed by atoms with E-state index in [0.29, 0.717) is 11.4 Å². The van der Waals surface area contributed by atoms with Crippen LogP contribution >= 0.6 is 0 Å². The molecule has 6 heteroatoms. The number of hydrogen-bond acceptors (Lipinski definition) is 4. The first-order chi connectivity index (χ1) is 12.3. The maximum Gasteiger partial charge on any atom is 0.255 e. The lowest BCUT2D eigenvalue weighted by molar-refractivity contribution is -0.121. The summed E-state index contributed by atoms with van der Waals surface area (Å²) in [4.78, 5) is 31.7. The number of carbonyl (C=O) groups excluding carboxylic acids is 2. The Balaban J connectivity index is 1.83. The molecule has 0 radical (unpaired) electrons. The van der Waals surface area contributed by atoms with Gasteiger partial charge in [-0.15, -0.1) is 0 Å². The van der Waals surface area contributed by atoms with Gasteiger partial charge in [0.1, 0.15) is 5.82 Å². The lowest BCUT2D eigenvalue weighted by atomic mass is 10.1. The quantitative estimate of drug-likeness (QED) is 0.885. The molecule has 6 nitrogen and oxygen atoms in total. The Bertz CT molecular complexity index is 820. The van der Waals surface area contributed by atoms with Crippen LogP contribution in [0.25, 0.3) is 10.9 Å². The summed E-state index contributed by atoms with van der Waals surface area (Å²) in [5.41, 5.74) is 1.07. The van der Waals surface area contributed by atoms with Crippen LogP contribution in [0.4, 0.5) is 5.82 Å². The molecule has 1 aliphatic rings. The number of benzene rings is 1. The Morgan fingerprint density at radius 1 is 1.15 bits per heavy atom. The van der Waals surface area contributed by atoms with Gasteiger partial charge in [0.05, 0.1) is 17.6 Å². The molecule has 0 spiro atoms. The average molecular weight is 354 g/mol. The molecule has 1 aliphatic heterocycles. The topological polar surface area (TPSA) is 74.3 Å². The third-order valence-electron chi connectivity index (χ3n) is 4.28. The van der Waals surface area contributed by atoms with Gasteiger partial charge < -0.3 is 15.5 Å². The molecule has 1 aromatic heterocycles. The molecular weight excluding hydrogens is 328 g/mol. The largest absolute Gasteiger partial charge is 0.356 e. The SMILES string of the molecule is CC(C)(C)NC(=O)CNC(=O)c1cc2ccccc2nc1N1CCCC1. The molecule has 0 aliphatic carbocycles. The van der Waals surface area contributed by atoms with Gasteiger partial charge in [0.2, 0.25) is 5.91 Å². The van der Waals surface area contributed by atoms with Crippen LogP contribution in [-0.2, 0) is 4.79 Å². The number of nitrogens with zero attached hydrogens (tertiary/aromatic N) is 2. The van der Waals surface area contributed by atoms with Gasteiger partial charge in [0.15, 0.2) is 0 Å². The molecule has 0 unspecified atom stereocenters. The second-order valence-corrected chi connectivity index (χ2v) is 7.73. The van der Waals surface area contributed by atoms with Crippen LogP contribution in [-0.4, -0.2) is 42.0 Å². The van der Waals surface area contributed by atoms with E-state index in [9.17, 15) is 9.59 Å². The molecule has 0 saturated carbocycles. The van der Waals surface area contributed by atoms with Crippen molar-refractivity contribution >= 4 is 28.5 Å². The fourth-order valence-electron chi connectivity index (χ4n) is 3.16. The summed E-state index contributed by atoms with van der Waals surface area (Å²) >= 11 is 0. The predicted octanol–water partition coefficient (Wildman–Crippen LogP) is 2.48. The van der Waals surface area contributed by atoms with Crippen LogP contribution in [0, 0.1) is 0 Å².